The van der Waals surface area contributed by atoms with Crippen molar-refractivity contribution in [3.63, 3.8) is 0 Å². The summed E-state index contributed by atoms with van der Waals surface area (Å²) in [5.41, 5.74) is 3.46. The summed E-state index contributed by atoms with van der Waals surface area (Å²) in [5.74, 6) is 2.35. The fourth-order valence-electron chi connectivity index (χ4n) is 3.32. The van der Waals surface area contributed by atoms with E-state index >= 15 is 0 Å². The van der Waals surface area contributed by atoms with Crippen molar-refractivity contribution in [2.45, 2.75) is 6.54 Å². The average Bonchev–Trinajstić information content (AvgIpc) is 3.06. The van der Waals surface area contributed by atoms with E-state index in [4.69, 9.17) is 13.9 Å². The number of ether oxygens (including phenoxy) is 2. The molecule has 0 amide bonds. The lowest BCUT2D eigenvalue weighted by Gasteiger charge is -2.21. The zero-order chi connectivity index (χ0) is 17.5. The number of rotatable bonds is 3. The zero-order valence-electron chi connectivity index (χ0n) is 14.3. The molecule has 130 valence electrons. The van der Waals surface area contributed by atoms with Crippen molar-refractivity contribution in [3.05, 3.63) is 54.4 Å². The van der Waals surface area contributed by atoms with Crippen molar-refractivity contribution in [1.82, 2.24) is 9.97 Å². The molecule has 0 aliphatic carbocycles. The number of aromatic nitrogens is 2. The number of fused-ring (bicyclic) bond motifs is 4. The van der Waals surface area contributed by atoms with E-state index < -0.39 is 0 Å². The summed E-state index contributed by atoms with van der Waals surface area (Å²) in [6.45, 7) is 1.84. The summed E-state index contributed by atoms with van der Waals surface area (Å²) >= 11 is 0. The molecule has 0 bridgehead atoms. The van der Waals surface area contributed by atoms with Crippen LogP contribution in [0.3, 0.4) is 0 Å². The Morgan fingerprint density at radius 3 is 2.77 bits per heavy atom. The summed E-state index contributed by atoms with van der Waals surface area (Å²) in [6.07, 6.45) is 1.58. The first-order valence-corrected chi connectivity index (χ1v) is 8.51. The highest BCUT2D eigenvalue weighted by atomic mass is 16.6. The lowest BCUT2D eigenvalue weighted by molar-refractivity contribution is 0.171. The van der Waals surface area contributed by atoms with E-state index in [2.05, 4.69) is 14.9 Å². The Labute approximate surface area is 150 Å². The van der Waals surface area contributed by atoms with Gasteiger partial charge in [0.1, 0.15) is 30.6 Å². The van der Waals surface area contributed by atoms with Crippen LogP contribution in [-0.2, 0) is 6.54 Å². The van der Waals surface area contributed by atoms with Crippen LogP contribution >= 0.6 is 0 Å². The summed E-state index contributed by atoms with van der Waals surface area (Å²) < 4.78 is 17.3. The SMILES string of the molecule is CN(Cc1ccc2c(c1)OCCO2)c1ncnc2c1oc1ccccc12. The summed E-state index contributed by atoms with van der Waals surface area (Å²) in [6, 6.07) is 13.9. The van der Waals surface area contributed by atoms with Crippen molar-refractivity contribution in [2.75, 3.05) is 25.2 Å². The van der Waals surface area contributed by atoms with Gasteiger partial charge in [-0.25, -0.2) is 9.97 Å². The maximum absolute atomic E-state index is 6.02. The Balaban J connectivity index is 1.51. The lowest BCUT2D eigenvalue weighted by atomic mass is 10.2. The van der Waals surface area contributed by atoms with E-state index in [9.17, 15) is 0 Å². The molecule has 0 N–H and O–H groups in total. The molecule has 6 heteroatoms. The molecular formula is C20H17N3O3. The van der Waals surface area contributed by atoms with Crippen LogP contribution < -0.4 is 14.4 Å². The molecule has 1 aliphatic heterocycles. The van der Waals surface area contributed by atoms with Crippen LogP contribution in [0.15, 0.2) is 53.2 Å². The quantitative estimate of drug-likeness (QED) is 0.562. The van der Waals surface area contributed by atoms with Crippen molar-refractivity contribution in [2.24, 2.45) is 0 Å². The molecule has 4 aromatic rings. The molecule has 0 unspecified atom stereocenters. The van der Waals surface area contributed by atoms with E-state index in [0.717, 1.165) is 39.4 Å². The number of anilines is 1. The van der Waals surface area contributed by atoms with Gasteiger partial charge >= 0.3 is 0 Å². The molecule has 0 radical (unpaired) electrons. The first kappa shape index (κ1) is 15.0. The minimum absolute atomic E-state index is 0.581. The van der Waals surface area contributed by atoms with Gasteiger partial charge in [-0.15, -0.1) is 0 Å². The maximum Gasteiger partial charge on any atom is 0.196 e. The van der Waals surface area contributed by atoms with E-state index in [1.807, 2.05) is 49.5 Å². The number of hydrogen-bond acceptors (Lipinski definition) is 6. The van der Waals surface area contributed by atoms with Gasteiger partial charge in [-0.3, -0.25) is 0 Å². The minimum Gasteiger partial charge on any atom is -0.486 e. The van der Waals surface area contributed by atoms with Gasteiger partial charge in [0.05, 0.1) is 0 Å². The van der Waals surface area contributed by atoms with Gasteiger partial charge in [0, 0.05) is 19.0 Å². The van der Waals surface area contributed by atoms with Crippen LogP contribution in [0.1, 0.15) is 5.56 Å². The van der Waals surface area contributed by atoms with Crippen LogP contribution in [0.4, 0.5) is 5.82 Å². The molecule has 0 fully saturated rings. The van der Waals surface area contributed by atoms with Crippen LogP contribution in [-0.4, -0.2) is 30.2 Å². The number of furan rings is 1. The van der Waals surface area contributed by atoms with Crippen molar-refractivity contribution in [3.8, 4) is 11.5 Å². The third-order valence-electron chi connectivity index (χ3n) is 4.53. The Kier molecular flexibility index (Phi) is 3.41. The molecule has 0 saturated carbocycles. The average molecular weight is 347 g/mol. The van der Waals surface area contributed by atoms with Crippen LogP contribution in [0.5, 0.6) is 11.5 Å². The predicted octanol–water partition coefficient (Wildman–Crippen LogP) is 3.78. The molecule has 2 aromatic heterocycles. The van der Waals surface area contributed by atoms with E-state index in [1.165, 1.54) is 0 Å². The van der Waals surface area contributed by atoms with Crippen LogP contribution in [0, 0.1) is 0 Å². The second kappa shape index (κ2) is 5.91. The lowest BCUT2D eigenvalue weighted by Crippen LogP contribution is -2.19. The molecule has 6 nitrogen and oxygen atoms in total. The number of nitrogens with zero attached hydrogens (tertiary/aromatic N) is 3. The Bertz CT molecular complexity index is 1110. The highest BCUT2D eigenvalue weighted by Gasteiger charge is 2.17. The number of para-hydroxylation sites is 1. The highest BCUT2D eigenvalue weighted by molar-refractivity contribution is 6.05. The molecule has 5 rings (SSSR count). The third-order valence-corrected chi connectivity index (χ3v) is 4.53. The first-order valence-electron chi connectivity index (χ1n) is 8.51. The number of hydrogen-bond donors (Lipinski definition) is 0. The third kappa shape index (κ3) is 2.42. The highest BCUT2D eigenvalue weighted by Crippen LogP contribution is 2.34. The largest absolute Gasteiger partial charge is 0.486 e. The van der Waals surface area contributed by atoms with Crippen LogP contribution in [0.25, 0.3) is 22.1 Å². The first-order chi connectivity index (χ1) is 12.8. The summed E-state index contributed by atoms with van der Waals surface area (Å²) in [4.78, 5) is 10.9. The predicted molar refractivity (Wildman–Crippen MR) is 98.8 cm³/mol. The fraction of sp³-hybridized carbons (Fsp3) is 0.200. The fourth-order valence-corrected chi connectivity index (χ4v) is 3.32. The maximum atomic E-state index is 6.02. The molecule has 1 aliphatic rings. The monoisotopic (exact) mass is 347 g/mol. The van der Waals surface area contributed by atoms with Crippen LogP contribution in [0.2, 0.25) is 0 Å². The molecule has 0 saturated heterocycles. The second-order valence-electron chi connectivity index (χ2n) is 6.31. The zero-order valence-corrected chi connectivity index (χ0v) is 14.3. The van der Waals surface area contributed by atoms with E-state index in [1.54, 1.807) is 6.33 Å². The summed E-state index contributed by atoms with van der Waals surface area (Å²) in [5, 5.41) is 0.999. The van der Waals surface area contributed by atoms with Gasteiger partial charge in [0.15, 0.2) is 22.9 Å². The van der Waals surface area contributed by atoms with Gasteiger partial charge < -0.3 is 18.8 Å². The standard InChI is InChI=1S/C20H17N3O3/c1-23(11-13-6-7-16-17(10-13)25-9-8-24-16)20-19-18(21-12-22-20)14-4-2-3-5-15(14)26-19/h2-7,10,12H,8-9,11H2,1H3. The topological polar surface area (TPSA) is 60.6 Å². The second-order valence-corrected chi connectivity index (χ2v) is 6.31. The van der Waals surface area contributed by atoms with Gasteiger partial charge in [0.2, 0.25) is 0 Å². The van der Waals surface area contributed by atoms with Gasteiger partial charge in [-0.1, -0.05) is 18.2 Å². The Morgan fingerprint density at radius 2 is 1.85 bits per heavy atom. The van der Waals surface area contributed by atoms with Crippen molar-refractivity contribution in [1.29, 1.82) is 0 Å². The summed E-state index contributed by atoms with van der Waals surface area (Å²) in [7, 11) is 1.99. The van der Waals surface area contributed by atoms with Crippen molar-refractivity contribution < 1.29 is 13.9 Å². The van der Waals surface area contributed by atoms with Gasteiger partial charge in [-0.05, 0) is 29.8 Å². The van der Waals surface area contributed by atoms with Gasteiger partial charge in [0.25, 0.3) is 0 Å². The molecule has 0 spiro atoms. The van der Waals surface area contributed by atoms with E-state index in [0.29, 0.717) is 25.3 Å². The molecule has 26 heavy (non-hydrogen) atoms. The Morgan fingerprint density at radius 1 is 1.00 bits per heavy atom. The molecule has 3 heterocycles. The minimum atomic E-state index is 0.581. The smallest absolute Gasteiger partial charge is 0.196 e. The normalized spacial score (nSPS) is 13.3. The van der Waals surface area contributed by atoms with Crippen molar-refractivity contribution >= 4 is 27.9 Å². The molecule has 0 atom stereocenters. The van der Waals surface area contributed by atoms with Gasteiger partial charge in [-0.2, -0.15) is 0 Å². The number of benzene rings is 2. The molecular weight excluding hydrogens is 330 g/mol. The van der Waals surface area contributed by atoms with E-state index in [-0.39, 0.29) is 0 Å². The molecule has 2 aromatic carbocycles. The Hall–Kier alpha value is -3.28.